The molecule has 0 aliphatic heterocycles. The first-order valence-corrected chi connectivity index (χ1v) is 6.20. The Morgan fingerprint density at radius 2 is 1.94 bits per heavy atom. The molecule has 0 fully saturated rings. The van der Waals surface area contributed by atoms with E-state index in [1.54, 1.807) is 19.2 Å². The van der Waals surface area contributed by atoms with E-state index in [9.17, 15) is 4.39 Å². The van der Waals surface area contributed by atoms with Gasteiger partial charge in [0.15, 0.2) is 0 Å². The van der Waals surface area contributed by atoms with Crippen molar-refractivity contribution in [3.8, 4) is 0 Å². The number of nitrogens with zero attached hydrogens (tertiary/aromatic N) is 1. The Morgan fingerprint density at radius 3 is 2.44 bits per heavy atom. The van der Waals surface area contributed by atoms with E-state index in [0.29, 0.717) is 12.2 Å². The largest absolute Gasteiger partial charge is 0.383 e. The smallest absolute Gasteiger partial charge is 0.128 e. The molecule has 1 rings (SSSR count). The van der Waals surface area contributed by atoms with Gasteiger partial charge in [0.25, 0.3) is 0 Å². The van der Waals surface area contributed by atoms with E-state index in [4.69, 9.17) is 10.5 Å². The maximum atomic E-state index is 13.9. The molecule has 1 aromatic rings. The number of nitrogens with two attached hydrogens (primary N) is 1. The zero-order valence-corrected chi connectivity index (χ0v) is 11.6. The fourth-order valence-corrected chi connectivity index (χ4v) is 2.22. The van der Waals surface area contributed by atoms with Crippen LogP contribution in [0.15, 0.2) is 24.3 Å². The molecule has 0 aromatic heterocycles. The van der Waals surface area contributed by atoms with E-state index in [1.165, 1.54) is 6.07 Å². The molecule has 102 valence electrons. The SMILES string of the molecule is COCC(C)N(C)C(c1ccccc1F)C(C)N. The first-order valence-electron chi connectivity index (χ1n) is 6.20. The predicted octanol–water partition coefficient (Wildman–Crippen LogP) is 2.18. The third-order valence-corrected chi connectivity index (χ3v) is 3.26. The monoisotopic (exact) mass is 254 g/mol. The topological polar surface area (TPSA) is 38.5 Å². The molecule has 0 aliphatic rings. The number of ether oxygens (including phenoxy) is 1. The van der Waals surface area contributed by atoms with Crippen LogP contribution in [-0.2, 0) is 4.74 Å². The second-order valence-electron chi connectivity index (χ2n) is 4.80. The molecule has 1 aromatic carbocycles. The van der Waals surface area contributed by atoms with Crippen LogP contribution in [0.1, 0.15) is 25.5 Å². The second kappa shape index (κ2) is 6.83. The summed E-state index contributed by atoms with van der Waals surface area (Å²) in [5.41, 5.74) is 6.66. The van der Waals surface area contributed by atoms with E-state index >= 15 is 0 Å². The fraction of sp³-hybridized carbons (Fsp3) is 0.571. The molecule has 0 saturated heterocycles. The summed E-state index contributed by atoms with van der Waals surface area (Å²) >= 11 is 0. The third-order valence-electron chi connectivity index (χ3n) is 3.26. The van der Waals surface area contributed by atoms with E-state index in [-0.39, 0.29) is 23.9 Å². The van der Waals surface area contributed by atoms with Crippen molar-refractivity contribution >= 4 is 0 Å². The lowest BCUT2D eigenvalue weighted by molar-refractivity contribution is 0.0807. The van der Waals surface area contributed by atoms with Gasteiger partial charge in [-0.15, -0.1) is 0 Å². The van der Waals surface area contributed by atoms with Crippen LogP contribution >= 0.6 is 0 Å². The van der Waals surface area contributed by atoms with Crippen molar-refractivity contribution in [3.63, 3.8) is 0 Å². The highest BCUT2D eigenvalue weighted by molar-refractivity contribution is 5.22. The van der Waals surface area contributed by atoms with Gasteiger partial charge in [-0.2, -0.15) is 0 Å². The molecule has 0 aliphatic carbocycles. The number of likely N-dealkylation sites (N-methyl/N-ethyl adjacent to an activating group) is 1. The van der Waals surface area contributed by atoms with E-state index in [1.807, 2.05) is 27.0 Å². The molecule has 0 saturated carbocycles. The average Bonchev–Trinajstić information content (AvgIpc) is 2.31. The summed E-state index contributed by atoms with van der Waals surface area (Å²) in [4.78, 5) is 2.06. The molecule has 0 radical (unpaired) electrons. The Bertz CT molecular complexity index is 371. The molecule has 3 unspecified atom stereocenters. The molecule has 0 bridgehead atoms. The van der Waals surface area contributed by atoms with E-state index in [2.05, 4.69) is 4.90 Å². The minimum atomic E-state index is -0.212. The van der Waals surface area contributed by atoms with Gasteiger partial charge in [0.05, 0.1) is 12.6 Å². The Hall–Kier alpha value is -0.970. The van der Waals surface area contributed by atoms with Gasteiger partial charge in [0.2, 0.25) is 0 Å². The lowest BCUT2D eigenvalue weighted by Crippen LogP contribution is -2.43. The van der Waals surface area contributed by atoms with Gasteiger partial charge in [-0.1, -0.05) is 18.2 Å². The quantitative estimate of drug-likeness (QED) is 0.845. The van der Waals surface area contributed by atoms with Crippen LogP contribution < -0.4 is 5.73 Å². The summed E-state index contributed by atoms with van der Waals surface area (Å²) in [5.74, 6) is -0.212. The van der Waals surface area contributed by atoms with Gasteiger partial charge in [-0.25, -0.2) is 4.39 Å². The first-order chi connectivity index (χ1) is 8.49. The van der Waals surface area contributed by atoms with Crippen molar-refractivity contribution in [2.45, 2.75) is 32.0 Å². The molecule has 3 atom stereocenters. The van der Waals surface area contributed by atoms with Gasteiger partial charge in [-0.3, -0.25) is 4.90 Å². The van der Waals surface area contributed by atoms with Crippen LogP contribution in [0.4, 0.5) is 4.39 Å². The number of benzene rings is 1. The van der Waals surface area contributed by atoms with Gasteiger partial charge < -0.3 is 10.5 Å². The van der Waals surface area contributed by atoms with Crippen molar-refractivity contribution in [1.29, 1.82) is 0 Å². The summed E-state index contributed by atoms with van der Waals surface area (Å²) in [5, 5.41) is 0. The van der Waals surface area contributed by atoms with Crippen molar-refractivity contribution < 1.29 is 9.13 Å². The molecule has 2 N–H and O–H groups in total. The average molecular weight is 254 g/mol. The van der Waals surface area contributed by atoms with E-state index < -0.39 is 0 Å². The Kier molecular flexibility index (Phi) is 5.72. The summed E-state index contributed by atoms with van der Waals surface area (Å²) in [7, 11) is 3.61. The van der Waals surface area contributed by atoms with Crippen molar-refractivity contribution in [1.82, 2.24) is 4.90 Å². The van der Waals surface area contributed by atoms with Crippen LogP contribution in [0, 0.1) is 5.82 Å². The molecule has 0 spiro atoms. The lowest BCUT2D eigenvalue weighted by Gasteiger charge is -2.35. The number of hydrogen-bond acceptors (Lipinski definition) is 3. The molecule has 18 heavy (non-hydrogen) atoms. The minimum Gasteiger partial charge on any atom is -0.383 e. The Balaban J connectivity index is 3.00. The zero-order chi connectivity index (χ0) is 13.7. The number of methoxy groups -OCH3 is 1. The van der Waals surface area contributed by atoms with Crippen LogP contribution in [0.3, 0.4) is 0 Å². The molecule has 3 nitrogen and oxygen atoms in total. The maximum absolute atomic E-state index is 13.9. The van der Waals surface area contributed by atoms with Gasteiger partial charge >= 0.3 is 0 Å². The summed E-state index contributed by atoms with van der Waals surface area (Å²) in [6.07, 6.45) is 0. The highest BCUT2D eigenvalue weighted by atomic mass is 19.1. The normalized spacial score (nSPS) is 16.6. The van der Waals surface area contributed by atoms with Crippen molar-refractivity contribution in [2.75, 3.05) is 20.8 Å². The molecule has 0 amide bonds. The number of halogens is 1. The van der Waals surface area contributed by atoms with Gasteiger partial charge in [0, 0.05) is 24.8 Å². The Morgan fingerprint density at radius 1 is 1.33 bits per heavy atom. The van der Waals surface area contributed by atoms with Gasteiger partial charge in [-0.05, 0) is 27.0 Å². The lowest BCUT2D eigenvalue weighted by atomic mass is 9.98. The third kappa shape index (κ3) is 3.51. The highest BCUT2D eigenvalue weighted by Crippen LogP contribution is 2.26. The van der Waals surface area contributed by atoms with Crippen LogP contribution in [0.25, 0.3) is 0 Å². The predicted molar refractivity (Wildman–Crippen MR) is 71.9 cm³/mol. The standard InChI is InChI=1S/C14H23FN2O/c1-10(9-18-4)17(3)14(11(2)16)12-7-5-6-8-13(12)15/h5-8,10-11,14H,9,16H2,1-4H3. The molecular weight excluding hydrogens is 231 g/mol. The minimum absolute atomic E-state index is 0.156. The molecular formula is C14H23FN2O. The first kappa shape index (κ1) is 15.1. The number of hydrogen-bond donors (Lipinski definition) is 1. The van der Waals surface area contributed by atoms with Crippen LogP contribution in [-0.4, -0.2) is 37.7 Å². The van der Waals surface area contributed by atoms with Gasteiger partial charge in [0.1, 0.15) is 5.82 Å². The van der Waals surface area contributed by atoms with E-state index in [0.717, 1.165) is 0 Å². The van der Waals surface area contributed by atoms with Crippen LogP contribution in [0.5, 0.6) is 0 Å². The Labute approximate surface area is 109 Å². The van der Waals surface area contributed by atoms with Crippen molar-refractivity contribution in [3.05, 3.63) is 35.6 Å². The maximum Gasteiger partial charge on any atom is 0.128 e. The van der Waals surface area contributed by atoms with Crippen molar-refractivity contribution in [2.24, 2.45) is 5.73 Å². The summed E-state index contributed by atoms with van der Waals surface area (Å²) in [6, 6.07) is 6.64. The zero-order valence-electron chi connectivity index (χ0n) is 11.6. The number of rotatable bonds is 6. The molecule has 4 heteroatoms. The summed E-state index contributed by atoms with van der Waals surface area (Å²) < 4.78 is 19.0. The summed E-state index contributed by atoms with van der Waals surface area (Å²) in [6.45, 7) is 4.53. The fourth-order valence-electron chi connectivity index (χ4n) is 2.22. The second-order valence-corrected chi connectivity index (χ2v) is 4.80. The molecule has 0 heterocycles. The highest BCUT2D eigenvalue weighted by Gasteiger charge is 2.26. The van der Waals surface area contributed by atoms with Crippen LogP contribution in [0.2, 0.25) is 0 Å².